The maximum atomic E-state index is 12.2. The number of methoxy groups -OCH3 is 1. The van der Waals surface area contributed by atoms with Crippen LogP contribution in [0, 0.1) is 0 Å². The summed E-state index contributed by atoms with van der Waals surface area (Å²) in [5.41, 5.74) is 2.29. The van der Waals surface area contributed by atoms with Crippen molar-refractivity contribution in [3.63, 3.8) is 0 Å². The van der Waals surface area contributed by atoms with Gasteiger partial charge < -0.3 is 10.1 Å². The van der Waals surface area contributed by atoms with Gasteiger partial charge in [0, 0.05) is 18.7 Å². The molecule has 8 heteroatoms. The lowest BCUT2D eigenvalue weighted by Gasteiger charge is -2.22. The zero-order valence-electron chi connectivity index (χ0n) is 14.6. The van der Waals surface area contributed by atoms with Gasteiger partial charge in [0.05, 0.1) is 18.6 Å². The number of halogens is 1. The third kappa shape index (κ3) is 6.01. The number of hydrogen-bond donors (Lipinski definition) is 1. The molecule has 2 aromatic rings. The van der Waals surface area contributed by atoms with E-state index in [1.54, 1.807) is 25.3 Å². The first-order valence-corrected chi connectivity index (χ1v) is 10.1. The number of carbonyl (C=O) groups is 1. The quantitative estimate of drug-likeness (QED) is 0.744. The van der Waals surface area contributed by atoms with Crippen molar-refractivity contribution in [1.82, 2.24) is 5.32 Å². The molecule has 0 spiro atoms. The number of nitrogens with zero attached hydrogens (tertiary/aromatic N) is 1. The van der Waals surface area contributed by atoms with Gasteiger partial charge in [-0.15, -0.1) is 0 Å². The lowest BCUT2D eigenvalue weighted by atomic mass is 10.1. The first-order chi connectivity index (χ1) is 12.3. The maximum absolute atomic E-state index is 12.2. The summed E-state index contributed by atoms with van der Waals surface area (Å²) in [6.07, 6.45) is 1.05. The van der Waals surface area contributed by atoms with Crippen LogP contribution in [-0.4, -0.2) is 34.2 Å². The van der Waals surface area contributed by atoms with Crippen molar-refractivity contribution in [3.05, 3.63) is 64.7 Å². The fourth-order valence-electron chi connectivity index (χ4n) is 2.34. The molecule has 0 saturated heterocycles. The molecule has 140 valence electrons. The smallest absolute Gasteiger partial charge is 0.241 e. The van der Waals surface area contributed by atoms with Crippen LogP contribution >= 0.6 is 11.6 Å². The van der Waals surface area contributed by atoms with Gasteiger partial charge in [-0.2, -0.15) is 0 Å². The van der Waals surface area contributed by atoms with Gasteiger partial charge in [0.1, 0.15) is 6.54 Å². The van der Waals surface area contributed by atoms with Crippen LogP contribution in [0.5, 0.6) is 0 Å². The van der Waals surface area contributed by atoms with E-state index in [1.807, 2.05) is 24.3 Å². The molecular weight excluding hydrogens is 376 g/mol. The summed E-state index contributed by atoms with van der Waals surface area (Å²) in [7, 11) is -2.00. The van der Waals surface area contributed by atoms with Crippen molar-refractivity contribution >= 4 is 33.2 Å². The Kier molecular flexibility index (Phi) is 7.02. The molecule has 0 saturated carbocycles. The van der Waals surface area contributed by atoms with Gasteiger partial charge in [-0.25, -0.2) is 8.42 Å². The Balaban J connectivity index is 2.01. The molecule has 0 atom stereocenters. The average molecular weight is 397 g/mol. The van der Waals surface area contributed by atoms with Gasteiger partial charge in [-0.1, -0.05) is 41.9 Å². The molecule has 0 aliphatic rings. The molecule has 0 bridgehead atoms. The zero-order valence-corrected chi connectivity index (χ0v) is 16.2. The van der Waals surface area contributed by atoms with Gasteiger partial charge in [0.25, 0.3) is 0 Å². The van der Waals surface area contributed by atoms with Gasteiger partial charge in [-0.05, 0) is 29.3 Å². The summed E-state index contributed by atoms with van der Waals surface area (Å²) in [5.74, 6) is -0.406. The second kappa shape index (κ2) is 9.02. The molecule has 0 fully saturated rings. The SMILES string of the molecule is COCc1ccc(CNC(=O)CN(c2cccc(Cl)c2)S(C)(=O)=O)cc1. The molecule has 0 heterocycles. The lowest BCUT2D eigenvalue weighted by molar-refractivity contribution is -0.119. The predicted octanol–water partition coefficient (Wildman–Crippen LogP) is 2.57. The number of nitrogens with one attached hydrogen (secondary N) is 1. The molecule has 6 nitrogen and oxygen atoms in total. The Labute approximate surface area is 158 Å². The highest BCUT2D eigenvalue weighted by molar-refractivity contribution is 7.92. The predicted molar refractivity (Wildman–Crippen MR) is 103 cm³/mol. The number of benzene rings is 2. The van der Waals surface area contributed by atoms with Crippen molar-refractivity contribution in [2.75, 3.05) is 24.2 Å². The first kappa shape index (κ1) is 20.2. The highest BCUT2D eigenvalue weighted by Gasteiger charge is 2.20. The van der Waals surface area contributed by atoms with Crippen molar-refractivity contribution in [3.8, 4) is 0 Å². The molecule has 0 radical (unpaired) electrons. The van der Waals surface area contributed by atoms with Crippen LogP contribution in [0.15, 0.2) is 48.5 Å². The molecule has 0 aliphatic heterocycles. The minimum Gasteiger partial charge on any atom is -0.380 e. The Morgan fingerprint density at radius 3 is 2.38 bits per heavy atom. The Morgan fingerprint density at radius 2 is 1.81 bits per heavy atom. The maximum Gasteiger partial charge on any atom is 0.241 e. The summed E-state index contributed by atoms with van der Waals surface area (Å²) < 4.78 is 30.2. The van der Waals surface area contributed by atoms with Crippen LogP contribution in [0.1, 0.15) is 11.1 Å². The van der Waals surface area contributed by atoms with E-state index in [2.05, 4.69) is 5.32 Å². The molecule has 2 rings (SSSR count). The van der Waals surface area contributed by atoms with Crippen LogP contribution in [0.2, 0.25) is 5.02 Å². The van der Waals surface area contributed by atoms with Crippen LogP contribution in [-0.2, 0) is 32.7 Å². The second-order valence-electron chi connectivity index (χ2n) is 5.78. The van der Waals surface area contributed by atoms with E-state index in [0.717, 1.165) is 21.7 Å². The first-order valence-electron chi connectivity index (χ1n) is 7.86. The fourth-order valence-corrected chi connectivity index (χ4v) is 3.37. The lowest BCUT2D eigenvalue weighted by Crippen LogP contribution is -2.40. The van der Waals surface area contributed by atoms with E-state index in [-0.39, 0.29) is 6.54 Å². The summed E-state index contributed by atoms with van der Waals surface area (Å²) >= 11 is 5.92. The van der Waals surface area contributed by atoms with E-state index in [0.29, 0.717) is 23.9 Å². The van der Waals surface area contributed by atoms with Crippen molar-refractivity contribution in [2.24, 2.45) is 0 Å². The normalized spacial score (nSPS) is 11.2. The van der Waals surface area contributed by atoms with Gasteiger partial charge in [0.2, 0.25) is 15.9 Å². The number of hydrogen-bond acceptors (Lipinski definition) is 4. The van der Waals surface area contributed by atoms with Crippen LogP contribution in [0.4, 0.5) is 5.69 Å². The second-order valence-corrected chi connectivity index (χ2v) is 8.12. The number of amides is 1. The third-order valence-electron chi connectivity index (χ3n) is 3.61. The summed E-state index contributed by atoms with van der Waals surface area (Å²) in [6, 6.07) is 14.0. The molecule has 26 heavy (non-hydrogen) atoms. The van der Waals surface area contributed by atoms with Gasteiger partial charge >= 0.3 is 0 Å². The average Bonchev–Trinajstić information content (AvgIpc) is 2.58. The van der Waals surface area contributed by atoms with Crippen LogP contribution in [0.3, 0.4) is 0 Å². The molecule has 0 aromatic heterocycles. The summed E-state index contributed by atoms with van der Waals surface area (Å²) in [4.78, 5) is 12.2. The minimum atomic E-state index is -3.62. The van der Waals surface area contributed by atoms with Crippen LogP contribution < -0.4 is 9.62 Å². The number of sulfonamides is 1. The fraction of sp³-hybridized carbons (Fsp3) is 0.278. The Bertz CT molecular complexity index is 854. The van der Waals surface area contributed by atoms with Crippen LogP contribution in [0.25, 0.3) is 0 Å². The topological polar surface area (TPSA) is 75.7 Å². The van der Waals surface area contributed by atoms with E-state index in [9.17, 15) is 13.2 Å². The van der Waals surface area contributed by atoms with E-state index in [1.165, 1.54) is 6.07 Å². The molecule has 1 N–H and O–H groups in total. The van der Waals surface area contributed by atoms with Crippen molar-refractivity contribution < 1.29 is 17.9 Å². The van der Waals surface area contributed by atoms with E-state index < -0.39 is 15.9 Å². The number of ether oxygens (including phenoxy) is 1. The van der Waals surface area contributed by atoms with E-state index >= 15 is 0 Å². The third-order valence-corrected chi connectivity index (χ3v) is 4.98. The minimum absolute atomic E-state index is 0.305. The summed E-state index contributed by atoms with van der Waals surface area (Å²) in [5, 5.41) is 3.12. The highest BCUT2D eigenvalue weighted by Crippen LogP contribution is 2.21. The van der Waals surface area contributed by atoms with E-state index in [4.69, 9.17) is 16.3 Å². The number of anilines is 1. The molecule has 1 amide bonds. The molecule has 0 unspecified atom stereocenters. The van der Waals surface area contributed by atoms with Crippen molar-refractivity contribution in [2.45, 2.75) is 13.2 Å². The largest absolute Gasteiger partial charge is 0.380 e. The number of carbonyl (C=O) groups excluding carboxylic acids is 1. The highest BCUT2D eigenvalue weighted by atomic mass is 35.5. The van der Waals surface area contributed by atoms with Crippen molar-refractivity contribution in [1.29, 1.82) is 0 Å². The monoisotopic (exact) mass is 396 g/mol. The van der Waals surface area contributed by atoms with Gasteiger partial charge in [-0.3, -0.25) is 9.10 Å². The van der Waals surface area contributed by atoms with Gasteiger partial charge in [0.15, 0.2) is 0 Å². The Hall–Kier alpha value is -2.09. The molecule has 2 aromatic carbocycles. The molecule has 0 aliphatic carbocycles. The molecular formula is C18H21ClN2O4S. The number of rotatable bonds is 8. The summed E-state index contributed by atoms with van der Waals surface area (Å²) in [6.45, 7) is 0.510. The standard InChI is InChI=1S/C18H21ClN2O4S/c1-25-13-15-8-6-14(7-9-15)11-20-18(22)12-21(26(2,23)24)17-5-3-4-16(19)10-17/h3-10H,11-13H2,1-2H3,(H,20,22). The Morgan fingerprint density at radius 1 is 1.15 bits per heavy atom. The zero-order chi connectivity index (χ0) is 19.2.